The largest absolute Gasteiger partial charge is 0.372 e. The molecule has 1 fully saturated rings. The van der Waals surface area contributed by atoms with E-state index in [4.69, 9.17) is 5.26 Å². The van der Waals surface area contributed by atoms with Crippen LogP contribution in [0.3, 0.4) is 0 Å². The van der Waals surface area contributed by atoms with Gasteiger partial charge in [0.1, 0.15) is 6.07 Å². The minimum Gasteiger partial charge on any atom is -0.372 e. The minimum atomic E-state index is 0.143. The predicted molar refractivity (Wildman–Crippen MR) is 89.7 cm³/mol. The van der Waals surface area contributed by atoms with Crippen LogP contribution < -0.4 is 4.90 Å². The number of nitriles is 1. The molecule has 2 aromatic rings. The van der Waals surface area contributed by atoms with Gasteiger partial charge in [0.15, 0.2) is 6.29 Å². The smallest absolute Gasteiger partial charge is 0.160 e. The maximum absolute atomic E-state index is 10.7. The number of hydrogen-bond donors (Lipinski definition) is 0. The van der Waals surface area contributed by atoms with Crippen molar-refractivity contribution in [1.82, 2.24) is 0 Å². The third kappa shape index (κ3) is 3.01. The fourth-order valence-electron chi connectivity index (χ4n) is 2.96. The van der Waals surface area contributed by atoms with E-state index in [1.807, 2.05) is 18.2 Å². The Morgan fingerprint density at radius 1 is 1.05 bits per heavy atom. The van der Waals surface area contributed by atoms with E-state index < -0.39 is 0 Å². The van der Waals surface area contributed by atoms with E-state index in [1.54, 1.807) is 6.08 Å². The van der Waals surface area contributed by atoms with Crippen LogP contribution in [-0.2, 0) is 4.79 Å². The molecule has 1 aliphatic rings. The number of hydrogen-bond acceptors (Lipinski definition) is 3. The van der Waals surface area contributed by atoms with Crippen LogP contribution in [0.15, 0.2) is 42.0 Å². The molecule has 0 radical (unpaired) electrons. The molecule has 3 nitrogen and oxygen atoms in total. The number of fused-ring (bicyclic) bond motifs is 1. The molecule has 1 heterocycles. The average molecular weight is 290 g/mol. The van der Waals surface area contributed by atoms with Gasteiger partial charge >= 0.3 is 0 Å². The predicted octanol–water partition coefficient (Wildman–Crippen LogP) is 3.94. The summed E-state index contributed by atoms with van der Waals surface area (Å²) in [7, 11) is 0. The molecule has 22 heavy (non-hydrogen) atoms. The topological polar surface area (TPSA) is 44.1 Å². The average Bonchev–Trinajstić information content (AvgIpc) is 2.60. The van der Waals surface area contributed by atoms with Gasteiger partial charge in [0.05, 0.1) is 5.57 Å². The van der Waals surface area contributed by atoms with Crippen LogP contribution in [0.1, 0.15) is 24.8 Å². The third-order valence-corrected chi connectivity index (χ3v) is 4.15. The fraction of sp³-hybridized carbons (Fsp3) is 0.263. The third-order valence-electron chi connectivity index (χ3n) is 4.15. The van der Waals surface area contributed by atoms with Crippen molar-refractivity contribution in [2.75, 3.05) is 18.0 Å². The molecule has 3 heteroatoms. The lowest BCUT2D eigenvalue weighted by molar-refractivity contribution is -0.104. The number of piperidine rings is 1. The molecule has 0 N–H and O–H groups in total. The van der Waals surface area contributed by atoms with Crippen LogP contribution in [0, 0.1) is 11.3 Å². The highest BCUT2D eigenvalue weighted by Crippen LogP contribution is 2.26. The first-order valence-corrected chi connectivity index (χ1v) is 7.66. The fourth-order valence-corrected chi connectivity index (χ4v) is 2.96. The summed E-state index contributed by atoms with van der Waals surface area (Å²) in [5, 5.41) is 11.1. The van der Waals surface area contributed by atoms with Crippen LogP contribution in [0.5, 0.6) is 0 Å². The first-order chi connectivity index (χ1) is 10.8. The summed E-state index contributed by atoms with van der Waals surface area (Å²) in [6.07, 6.45) is 6.07. The number of carbonyl (C=O) groups is 1. The second-order valence-electron chi connectivity index (χ2n) is 5.67. The molecule has 0 amide bonds. The van der Waals surface area contributed by atoms with Crippen molar-refractivity contribution in [2.24, 2.45) is 0 Å². The van der Waals surface area contributed by atoms with E-state index in [1.165, 1.54) is 30.3 Å². The molecule has 1 aliphatic heterocycles. The zero-order chi connectivity index (χ0) is 15.4. The second kappa shape index (κ2) is 6.44. The maximum Gasteiger partial charge on any atom is 0.160 e. The Hall–Kier alpha value is -2.60. The summed E-state index contributed by atoms with van der Waals surface area (Å²) in [6.45, 7) is 2.27. The molecule has 0 aliphatic carbocycles. The Bertz CT molecular complexity index is 765. The molecule has 0 atom stereocenters. The van der Waals surface area contributed by atoms with E-state index >= 15 is 0 Å². The first kappa shape index (κ1) is 14.3. The zero-order valence-electron chi connectivity index (χ0n) is 12.5. The Kier molecular flexibility index (Phi) is 4.20. The molecular weight excluding hydrogens is 272 g/mol. The molecule has 3 rings (SSSR count). The van der Waals surface area contributed by atoms with Crippen molar-refractivity contribution in [3.63, 3.8) is 0 Å². The van der Waals surface area contributed by atoms with Crippen molar-refractivity contribution < 1.29 is 4.79 Å². The summed E-state index contributed by atoms with van der Waals surface area (Å²) in [6, 6.07) is 14.4. The van der Waals surface area contributed by atoms with Crippen LogP contribution in [0.2, 0.25) is 0 Å². The first-order valence-electron chi connectivity index (χ1n) is 7.66. The van der Waals surface area contributed by atoms with Gasteiger partial charge in [-0.05, 0) is 59.9 Å². The molecule has 110 valence electrons. The van der Waals surface area contributed by atoms with E-state index in [0.29, 0.717) is 6.29 Å². The summed E-state index contributed by atoms with van der Waals surface area (Å²) in [5.74, 6) is 0. The zero-order valence-corrected chi connectivity index (χ0v) is 12.5. The molecule has 0 aromatic heterocycles. The molecule has 0 unspecified atom stereocenters. The highest BCUT2D eigenvalue weighted by Gasteiger charge is 2.11. The number of rotatable bonds is 3. The van der Waals surface area contributed by atoms with Crippen molar-refractivity contribution in [2.45, 2.75) is 19.3 Å². The second-order valence-corrected chi connectivity index (χ2v) is 5.67. The monoisotopic (exact) mass is 290 g/mol. The summed E-state index contributed by atoms with van der Waals surface area (Å²) < 4.78 is 0. The van der Waals surface area contributed by atoms with Gasteiger partial charge in [0.25, 0.3) is 0 Å². The lowest BCUT2D eigenvalue weighted by Crippen LogP contribution is -2.29. The molecule has 2 aromatic carbocycles. The van der Waals surface area contributed by atoms with E-state index in [9.17, 15) is 4.79 Å². The standard InChI is InChI=1S/C19H18N2O/c20-13-16(14-22)10-15-4-5-18-12-19(7-6-17(18)11-15)21-8-2-1-3-9-21/h4-7,10-12,14H,1-3,8-9H2/b16-10+. The molecule has 0 saturated carbocycles. The Balaban J connectivity index is 1.93. The van der Waals surface area contributed by atoms with Gasteiger partial charge < -0.3 is 4.90 Å². The molecule has 0 spiro atoms. The number of aldehydes is 1. The van der Waals surface area contributed by atoms with Crippen LogP contribution in [-0.4, -0.2) is 19.4 Å². The van der Waals surface area contributed by atoms with Crippen molar-refractivity contribution in [1.29, 1.82) is 5.26 Å². The van der Waals surface area contributed by atoms with Crippen molar-refractivity contribution in [3.05, 3.63) is 47.5 Å². The summed E-state index contributed by atoms with van der Waals surface area (Å²) in [4.78, 5) is 13.2. The highest BCUT2D eigenvalue weighted by molar-refractivity contribution is 5.91. The molecule has 1 saturated heterocycles. The van der Waals surface area contributed by atoms with E-state index in [-0.39, 0.29) is 5.57 Å². The number of benzene rings is 2. The SMILES string of the molecule is N#C/C(C=O)=C\c1ccc2cc(N3CCCCC3)ccc2c1. The van der Waals surface area contributed by atoms with E-state index in [0.717, 1.165) is 24.0 Å². The summed E-state index contributed by atoms with van der Waals surface area (Å²) >= 11 is 0. The Labute approximate surface area is 130 Å². The van der Waals surface area contributed by atoms with Gasteiger partial charge in [-0.3, -0.25) is 4.79 Å². The van der Waals surface area contributed by atoms with Crippen LogP contribution >= 0.6 is 0 Å². The van der Waals surface area contributed by atoms with Gasteiger partial charge in [0.2, 0.25) is 0 Å². The highest BCUT2D eigenvalue weighted by atomic mass is 16.1. The van der Waals surface area contributed by atoms with Crippen molar-refractivity contribution >= 4 is 28.8 Å². The lowest BCUT2D eigenvalue weighted by Gasteiger charge is -2.29. The molecular formula is C19H18N2O. The molecule has 0 bridgehead atoms. The van der Waals surface area contributed by atoms with Crippen molar-refractivity contribution in [3.8, 4) is 6.07 Å². The number of anilines is 1. The van der Waals surface area contributed by atoms with E-state index in [2.05, 4.69) is 29.2 Å². The normalized spacial score (nSPS) is 15.6. The van der Waals surface area contributed by atoms with Gasteiger partial charge in [-0.15, -0.1) is 0 Å². The maximum atomic E-state index is 10.7. The Morgan fingerprint density at radius 3 is 2.50 bits per heavy atom. The Morgan fingerprint density at radius 2 is 1.77 bits per heavy atom. The lowest BCUT2D eigenvalue weighted by atomic mass is 10.0. The van der Waals surface area contributed by atoms with Crippen LogP contribution in [0.4, 0.5) is 5.69 Å². The quantitative estimate of drug-likeness (QED) is 0.488. The van der Waals surface area contributed by atoms with Gasteiger partial charge in [-0.1, -0.05) is 18.2 Å². The minimum absolute atomic E-state index is 0.143. The number of allylic oxidation sites excluding steroid dienone is 1. The number of carbonyl (C=O) groups excluding carboxylic acids is 1. The van der Waals surface area contributed by atoms with Gasteiger partial charge in [-0.25, -0.2) is 0 Å². The summed E-state index contributed by atoms with van der Waals surface area (Å²) in [5.41, 5.74) is 2.30. The van der Waals surface area contributed by atoms with Gasteiger partial charge in [0, 0.05) is 18.8 Å². The van der Waals surface area contributed by atoms with Crippen LogP contribution in [0.25, 0.3) is 16.8 Å². The van der Waals surface area contributed by atoms with Gasteiger partial charge in [-0.2, -0.15) is 5.26 Å². The number of nitrogens with zero attached hydrogens (tertiary/aromatic N) is 2.